The SMILES string of the molecule is O=S(=O)(Cc1cc(Cl)c2c(c1)OCCO2)Cc1nnnn1C1CC1. The summed E-state index contributed by atoms with van der Waals surface area (Å²) in [6.45, 7) is 0.837. The molecule has 0 radical (unpaired) electrons. The number of rotatable bonds is 5. The standard InChI is InChI=1S/C14H15ClN4O4S/c15-11-5-9(6-12-14(11)23-4-3-22-12)7-24(20,21)8-13-16-17-18-19(13)10-1-2-10/h5-6,10H,1-4,7-8H2. The van der Waals surface area contributed by atoms with Crippen molar-refractivity contribution >= 4 is 21.4 Å². The maximum Gasteiger partial charge on any atom is 0.179 e. The van der Waals surface area contributed by atoms with Crippen LogP contribution in [-0.2, 0) is 21.3 Å². The Morgan fingerprint density at radius 3 is 2.79 bits per heavy atom. The maximum atomic E-state index is 12.5. The van der Waals surface area contributed by atoms with Gasteiger partial charge in [0, 0.05) is 0 Å². The summed E-state index contributed by atoms with van der Waals surface area (Å²) in [5.74, 6) is 0.938. The molecule has 8 nitrogen and oxygen atoms in total. The first-order valence-corrected chi connectivity index (χ1v) is 9.77. The highest BCUT2D eigenvalue weighted by atomic mass is 35.5. The topological polar surface area (TPSA) is 96.2 Å². The number of hydrogen-bond donors (Lipinski definition) is 0. The summed E-state index contributed by atoms with van der Waals surface area (Å²) in [6, 6.07) is 3.48. The molecule has 0 saturated heterocycles. The average molecular weight is 371 g/mol. The maximum absolute atomic E-state index is 12.5. The lowest BCUT2D eigenvalue weighted by atomic mass is 10.2. The van der Waals surface area contributed by atoms with Gasteiger partial charge in [0.15, 0.2) is 27.2 Å². The van der Waals surface area contributed by atoms with Crippen LogP contribution in [0.1, 0.15) is 30.3 Å². The van der Waals surface area contributed by atoms with Gasteiger partial charge in [-0.1, -0.05) is 11.6 Å². The van der Waals surface area contributed by atoms with E-state index in [0.29, 0.717) is 41.1 Å². The molecule has 0 N–H and O–H groups in total. The van der Waals surface area contributed by atoms with E-state index in [1.54, 1.807) is 16.8 Å². The van der Waals surface area contributed by atoms with Gasteiger partial charge in [-0.2, -0.15) is 0 Å². The van der Waals surface area contributed by atoms with Crippen LogP contribution >= 0.6 is 11.6 Å². The number of nitrogens with zero attached hydrogens (tertiary/aromatic N) is 4. The van der Waals surface area contributed by atoms with E-state index in [-0.39, 0.29) is 17.5 Å². The van der Waals surface area contributed by atoms with Gasteiger partial charge in [-0.15, -0.1) is 5.10 Å². The highest BCUT2D eigenvalue weighted by molar-refractivity contribution is 7.89. The number of sulfone groups is 1. The Balaban J connectivity index is 1.55. The largest absolute Gasteiger partial charge is 0.486 e. The van der Waals surface area contributed by atoms with Gasteiger partial charge in [0.25, 0.3) is 0 Å². The zero-order valence-electron chi connectivity index (χ0n) is 12.7. The molecule has 0 atom stereocenters. The molecule has 0 unspecified atom stereocenters. The molecule has 2 aromatic rings. The smallest absolute Gasteiger partial charge is 0.179 e. The number of aromatic nitrogens is 4. The molecule has 1 aliphatic heterocycles. The lowest BCUT2D eigenvalue weighted by Crippen LogP contribution is -2.16. The Morgan fingerprint density at radius 2 is 2.00 bits per heavy atom. The summed E-state index contributed by atoms with van der Waals surface area (Å²) < 4.78 is 37.6. The Morgan fingerprint density at radius 1 is 1.21 bits per heavy atom. The minimum absolute atomic E-state index is 0.166. The van der Waals surface area contributed by atoms with Crippen LogP contribution in [0.3, 0.4) is 0 Å². The van der Waals surface area contributed by atoms with Gasteiger partial charge in [-0.05, 0) is 41.0 Å². The minimum atomic E-state index is -3.45. The van der Waals surface area contributed by atoms with E-state index in [4.69, 9.17) is 21.1 Å². The highest BCUT2D eigenvalue weighted by Gasteiger charge is 2.29. The summed E-state index contributed by atoms with van der Waals surface area (Å²) >= 11 is 6.16. The van der Waals surface area contributed by atoms with Crippen LogP contribution in [-0.4, -0.2) is 41.8 Å². The molecular weight excluding hydrogens is 356 g/mol. The van der Waals surface area contributed by atoms with Crippen LogP contribution in [0.4, 0.5) is 0 Å². The van der Waals surface area contributed by atoms with Crippen LogP contribution in [0.25, 0.3) is 0 Å². The van der Waals surface area contributed by atoms with E-state index in [9.17, 15) is 8.42 Å². The van der Waals surface area contributed by atoms with Crippen LogP contribution < -0.4 is 9.47 Å². The summed E-state index contributed by atoms with van der Waals surface area (Å²) in [5.41, 5.74) is 0.551. The Bertz CT molecular complexity index is 879. The number of benzene rings is 1. The molecule has 1 saturated carbocycles. The van der Waals surface area contributed by atoms with Crippen LogP contribution in [0, 0.1) is 0 Å². The summed E-state index contributed by atoms with van der Waals surface area (Å²) in [4.78, 5) is 0. The van der Waals surface area contributed by atoms with Crippen molar-refractivity contribution in [2.45, 2.75) is 30.4 Å². The van der Waals surface area contributed by atoms with Crippen molar-refractivity contribution in [3.05, 3.63) is 28.5 Å². The molecule has 1 aliphatic carbocycles. The van der Waals surface area contributed by atoms with Crippen LogP contribution in [0.5, 0.6) is 11.5 Å². The van der Waals surface area contributed by atoms with Gasteiger partial charge in [-0.3, -0.25) is 0 Å². The number of tetrazole rings is 1. The van der Waals surface area contributed by atoms with Crippen LogP contribution in [0.15, 0.2) is 12.1 Å². The van der Waals surface area contributed by atoms with Gasteiger partial charge in [-0.25, -0.2) is 13.1 Å². The van der Waals surface area contributed by atoms with Crippen molar-refractivity contribution in [2.75, 3.05) is 13.2 Å². The van der Waals surface area contributed by atoms with Crippen molar-refractivity contribution in [3.8, 4) is 11.5 Å². The fourth-order valence-corrected chi connectivity index (χ4v) is 4.31. The Hall–Kier alpha value is -1.87. The molecule has 10 heteroatoms. The molecule has 2 heterocycles. The summed E-state index contributed by atoms with van der Waals surface area (Å²) in [6.07, 6.45) is 1.96. The molecule has 0 amide bonds. The van der Waals surface area contributed by atoms with Crippen molar-refractivity contribution in [3.63, 3.8) is 0 Å². The lowest BCUT2D eigenvalue weighted by molar-refractivity contribution is 0.171. The third-order valence-corrected chi connectivity index (χ3v) is 5.60. The van der Waals surface area contributed by atoms with Gasteiger partial charge in [0.05, 0.1) is 16.8 Å². The molecule has 1 aromatic carbocycles. The predicted molar refractivity (Wildman–Crippen MR) is 84.9 cm³/mol. The zero-order valence-corrected chi connectivity index (χ0v) is 14.3. The number of ether oxygens (including phenoxy) is 2. The number of hydrogen-bond acceptors (Lipinski definition) is 7. The molecular formula is C14H15ClN4O4S. The quantitative estimate of drug-likeness (QED) is 0.787. The van der Waals surface area contributed by atoms with Crippen molar-refractivity contribution < 1.29 is 17.9 Å². The minimum Gasteiger partial charge on any atom is -0.486 e. The summed E-state index contributed by atoms with van der Waals surface area (Å²) in [5, 5.41) is 11.7. The van der Waals surface area contributed by atoms with Crippen molar-refractivity contribution in [1.29, 1.82) is 0 Å². The molecule has 1 aromatic heterocycles. The molecule has 128 valence electrons. The Kier molecular flexibility index (Phi) is 3.84. The monoisotopic (exact) mass is 370 g/mol. The van der Waals surface area contributed by atoms with E-state index in [1.165, 1.54) is 0 Å². The molecule has 2 aliphatic rings. The average Bonchev–Trinajstić information content (AvgIpc) is 3.27. The van der Waals surface area contributed by atoms with Gasteiger partial charge < -0.3 is 9.47 Å². The highest BCUT2D eigenvalue weighted by Crippen LogP contribution is 2.39. The second-order valence-electron chi connectivity index (χ2n) is 5.90. The second-order valence-corrected chi connectivity index (χ2v) is 8.38. The van der Waals surface area contributed by atoms with E-state index in [0.717, 1.165) is 12.8 Å². The first-order valence-electron chi connectivity index (χ1n) is 7.57. The fourth-order valence-electron chi connectivity index (χ4n) is 2.66. The number of fused-ring (bicyclic) bond motifs is 1. The van der Waals surface area contributed by atoms with Crippen LogP contribution in [0.2, 0.25) is 5.02 Å². The normalized spacial score (nSPS) is 17.0. The van der Waals surface area contributed by atoms with Crippen molar-refractivity contribution in [1.82, 2.24) is 20.2 Å². The van der Waals surface area contributed by atoms with E-state index in [2.05, 4.69) is 15.5 Å². The number of halogens is 1. The van der Waals surface area contributed by atoms with E-state index in [1.807, 2.05) is 0 Å². The Labute approximate surface area is 143 Å². The first-order chi connectivity index (χ1) is 11.5. The second kappa shape index (κ2) is 5.89. The van der Waals surface area contributed by atoms with Crippen molar-refractivity contribution in [2.24, 2.45) is 0 Å². The summed E-state index contributed by atoms with van der Waals surface area (Å²) in [7, 11) is -3.45. The van der Waals surface area contributed by atoms with Gasteiger partial charge in [0.2, 0.25) is 0 Å². The first kappa shape index (κ1) is 15.6. The van der Waals surface area contributed by atoms with Gasteiger partial charge in [0.1, 0.15) is 19.0 Å². The van der Waals surface area contributed by atoms with E-state index < -0.39 is 9.84 Å². The van der Waals surface area contributed by atoms with Gasteiger partial charge >= 0.3 is 0 Å². The van der Waals surface area contributed by atoms with E-state index >= 15 is 0 Å². The predicted octanol–water partition coefficient (Wildman–Crippen LogP) is 1.55. The third-order valence-electron chi connectivity index (χ3n) is 3.85. The fraction of sp³-hybridized carbons (Fsp3) is 0.500. The molecule has 1 fully saturated rings. The molecule has 4 rings (SSSR count). The molecule has 24 heavy (non-hydrogen) atoms. The third kappa shape index (κ3) is 3.18. The lowest BCUT2D eigenvalue weighted by Gasteiger charge is -2.20. The molecule has 0 bridgehead atoms. The molecule has 0 spiro atoms. The zero-order chi connectivity index (χ0) is 16.7.